The fraction of sp³-hybridized carbons (Fsp3) is 0.385. The molecule has 1 aliphatic carbocycles. The summed E-state index contributed by atoms with van der Waals surface area (Å²) in [5, 5.41) is 3.96. The first-order chi connectivity index (χ1) is 8.36. The average molecular weight is 230 g/mol. The lowest BCUT2D eigenvalue weighted by molar-refractivity contribution is 0.151. The van der Waals surface area contributed by atoms with Crippen molar-refractivity contribution in [1.82, 2.24) is 10.1 Å². The molecule has 4 heteroatoms. The summed E-state index contributed by atoms with van der Waals surface area (Å²) in [6.07, 6.45) is 3.60. The molecule has 2 aromatic rings. The highest BCUT2D eigenvalue weighted by atomic mass is 16.5. The standard InChI is InChI=1S/C13H14N2O2/c1-16-8-12-14-13(15-17-12)11-6-5-9-3-2-4-10(9)7-11/h5-7H,2-4,8H2,1H3. The zero-order valence-corrected chi connectivity index (χ0v) is 9.77. The Kier molecular flexibility index (Phi) is 2.65. The third-order valence-electron chi connectivity index (χ3n) is 3.09. The molecule has 0 fully saturated rings. The summed E-state index contributed by atoms with van der Waals surface area (Å²) in [4.78, 5) is 4.29. The van der Waals surface area contributed by atoms with Crippen molar-refractivity contribution in [1.29, 1.82) is 0 Å². The first kappa shape index (κ1) is 10.5. The zero-order chi connectivity index (χ0) is 11.7. The van der Waals surface area contributed by atoms with Gasteiger partial charge in [0.2, 0.25) is 5.82 Å². The van der Waals surface area contributed by atoms with Crippen LogP contribution in [-0.4, -0.2) is 17.3 Å². The summed E-state index contributed by atoms with van der Waals surface area (Å²) in [5.74, 6) is 1.16. The second-order valence-corrected chi connectivity index (χ2v) is 4.28. The maximum absolute atomic E-state index is 5.09. The molecule has 1 aromatic carbocycles. The molecule has 0 N–H and O–H groups in total. The van der Waals surface area contributed by atoms with Gasteiger partial charge in [-0.3, -0.25) is 0 Å². The zero-order valence-electron chi connectivity index (χ0n) is 9.77. The number of hydrogen-bond acceptors (Lipinski definition) is 4. The predicted molar refractivity (Wildman–Crippen MR) is 62.5 cm³/mol. The van der Waals surface area contributed by atoms with E-state index in [1.54, 1.807) is 7.11 Å². The molecule has 0 spiro atoms. The number of fused-ring (bicyclic) bond motifs is 1. The molecule has 1 aliphatic rings. The van der Waals surface area contributed by atoms with Crippen molar-refractivity contribution in [3.05, 3.63) is 35.2 Å². The molecule has 1 heterocycles. The number of nitrogens with zero attached hydrogens (tertiary/aromatic N) is 2. The maximum Gasteiger partial charge on any atom is 0.252 e. The summed E-state index contributed by atoms with van der Waals surface area (Å²) in [5.41, 5.74) is 3.90. The van der Waals surface area contributed by atoms with Crippen LogP contribution in [0.5, 0.6) is 0 Å². The lowest BCUT2D eigenvalue weighted by atomic mass is 10.1. The van der Waals surface area contributed by atoms with Gasteiger partial charge in [-0.2, -0.15) is 4.98 Å². The molecule has 3 rings (SSSR count). The van der Waals surface area contributed by atoms with E-state index < -0.39 is 0 Å². The number of benzene rings is 1. The first-order valence-corrected chi connectivity index (χ1v) is 5.80. The van der Waals surface area contributed by atoms with Crippen molar-refractivity contribution in [3.63, 3.8) is 0 Å². The summed E-state index contributed by atoms with van der Waals surface area (Å²) < 4.78 is 10.0. The molecular weight excluding hydrogens is 216 g/mol. The molecule has 88 valence electrons. The molecule has 1 aromatic heterocycles. The van der Waals surface area contributed by atoms with Gasteiger partial charge in [0.25, 0.3) is 5.89 Å². The van der Waals surface area contributed by atoms with E-state index in [2.05, 4.69) is 28.3 Å². The van der Waals surface area contributed by atoms with Crippen LogP contribution in [0.2, 0.25) is 0 Å². The molecular formula is C13H14N2O2. The number of aromatic nitrogens is 2. The van der Waals surface area contributed by atoms with Crippen LogP contribution in [0.15, 0.2) is 22.7 Å². The van der Waals surface area contributed by atoms with Crippen LogP contribution in [0.3, 0.4) is 0 Å². The molecule has 0 bridgehead atoms. The minimum atomic E-state index is 0.359. The Hall–Kier alpha value is -1.68. The van der Waals surface area contributed by atoms with Crippen LogP contribution in [0.4, 0.5) is 0 Å². The largest absolute Gasteiger partial charge is 0.375 e. The second kappa shape index (κ2) is 4.30. The Morgan fingerprint density at radius 2 is 2.18 bits per heavy atom. The summed E-state index contributed by atoms with van der Waals surface area (Å²) in [6.45, 7) is 0.359. The molecule has 0 atom stereocenters. The van der Waals surface area contributed by atoms with E-state index in [0.717, 1.165) is 12.0 Å². The molecule has 0 saturated carbocycles. The minimum absolute atomic E-state index is 0.359. The summed E-state index contributed by atoms with van der Waals surface area (Å²) in [6, 6.07) is 6.40. The predicted octanol–water partition coefficient (Wildman–Crippen LogP) is 2.37. The van der Waals surface area contributed by atoms with Gasteiger partial charge in [-0.15, -0.1) is 0 Å². The van der Waals surface area contributed by atoms with Crippen LogP contribution in [-0.2, 0) is 24.2 Å². The van der Waals surface area contributed by atoms with Crippen molar-refractivity contribution in [2.45, 2.75) is 25.9 Å². The third kappa shape index (κ3) is 1.96. The fourth-order valence-corrected chi connectivity index (χ4v) is 2.27. The molecule has 0 unspecified atom stereocenters. The average Bonchev–Trinajstić information content (AvgIpc) is 2.96. The van der Waals surface area contributed by atoms with Crippen molar-refractivity contribution >= 4 is 0 Å². The van der Waals surface area contributed by atoms with E-state index in [0.29, 0.717) is 18.3 Å². The Morgan fingerprint density at radius 3 is 3.06 bits per heavy atom. The molecule has 0 amide bonds. The lowest BCUT2D eigenvalue weighted by Gasteiger charge is -2.00. The molecule has 4 nitrogen and oxygen atoms in total. The first-order valence-electron chi connectivity index (χ1n) is 5.80. The Balaban J connectivity index is 1.92. The number of rotatable bonds is 3. The van der Waals surface area contributed by atoms with Crippen molar-refractivity contribution in [2.75, 3.05) is 7.11 Å². The second-order valence-electron chi connectivity index (χ2n) is 4.28. The van der Waals surface area contributed by atoms with Gasteiger partial charge in [0, 0.05) is 12.7 Å². The lowest BCUT2D eigenvalue weighted by Crippen LogP contribution is -1.88. The summed E-state index contributed by atoms with van der Waals surface area (Å²) in [7, 11) is 1.61. The molecule has 0 aliphatic heterocycles. The minimum Gasteiger partial charge on any atom is -0.375 e. The Labute approximate surface area is 99.6 Å². The highest BCUT2D eigenvalue weighted by molar-refractivity contribution is 5.57. The normalized spacial score (nSPS) is 13.9. The van der Waals surface area contributed by atoms with Crippen molar-refractivity contribution in [2.24, 2.45) is 0 Å². The van der Waals surface area contributed by atoms with Crippen LogP contribution < -0.4 is 0 Å². The maximum atomic E-state index is 5.09. The monoisotopic (exact) mass is 230 g/mol. The molecule has 0 saturated heterocycles. The van der Waals surface area contributed by atoms with E-state index >= 15 is 0 Å². The topological polar surface area (TPSA) is 48.2 Å². The third-order valence-corrected chi connectivity index (χ3v) is 3.09. The highest BCUT2D eigenvalue weighted by Gasteiger charge is 2.14. The van der Waals surface area contributed by atoms with Crippen molar-refractivity contribution in [3.8, 4) is 11.4 Å². The van der Waals surface area contributed by atoms with E-state index in [-0.39, 0.29) is 0 Å². The number of aryl methyl sites for hydroxylation is 2. The number of methoxy groups -OCH3 is 1. The van der Waals surface area contributed by atoms with Crippen LogP contribution in [0.1, 0.15) is 23.4 Å². The van der Waals surface area contributed by atoms with E-state index in [1.165, 1.54) is 24.0 Å². The van der Waals surface area contributed by atoms with Gasteiger partial charge < -0.3 is 9.26 Å². The van der Waals surface area contributed by atoms with Gasteiger partial charge in [-0.05, 0) is 36.5 Å². The van der Waals surface area contributed by atoms with E-state index in [1.807, 2.05) is 0 Å². The van der Waals surface area contributed by atoms with Crippen LogP contribution >= 0.6 is 0 Å². The van der Waals surface area contributed by atoms with Crippen LogP contribution in [0, 0.1) is 0 Å². The van der Waals surface area contributed by atoms with Gasteiger partial charge >= 0.3 is 0 Å². The summed E-state index contributed by atoms with van der Waals surface area (Å²) >= 11 is 0. The van der Waals surface area contributed by atoms with Gasteiger partial charge in [0.15, 0.2) is 0 Å². The number of ether oxygens (including phenoxy) is 1. The molecule has 17 heavy (non-hydrogen) atoms. The number of hydrogen-bond donors (Lipinski definition) is 0. The Bertz CT molecular complexity index is 534. The smallest absolute Gasteiger partial charge is 0.252 e. The highest BCUT2D eigenvalue weighted by Crippen LogP contribution is 2.26. The van der Waals surface area contributed by atoms with Crippen LogP contribution in [0.25, 0.3) is 11.4 Å². The van der Waals surface area contributed by atoms with Gasteiger partial charge in [0.1, 0.15) is 6.61 Å². The van der Waals surface area contributed by atoms with E-state index in [9.17, 15) is 0 Å². The van der Waals surface area contributed by atoms with Gasteiger partial charge in [-0.1, -0.05) is 17.3 Å². The van der Waals surface area contributed by atoms with Gasteiger partial charge in [-0.25, -0.2) is 0 Å². The van der Waals surface area contributed by atoms with E-state index in [4.69, 9.17) is 9.26 Å². The Morgan fingerprint density at radius 1 is 1.29 bits per heavy atom. The van der Waals surface area contributed by atoms with Gasteiger partial charge in [0.05, 0.1) is 0 Å². The quantitative estimate of drug-likeness (QED) is 0.812. The SMILES string of the molecule is COCc1nc(-c2ccc3c(c2)CCC3)no1. The van der Waals surface area contributed by atoms with Crippen molar-refractivity contribution < 1.29 is 9.26 Å². The fourth-order valence-electron chi connectivity index (χ4n) is 2.27. The molecule has 0 radical (unpaired) electrons.